The fourth-order valence-electron chi connectivity index (χ4n) is 1.98. The lowest BCUT2D eigenvalue weighted by atomic mass is 10.0. The van der Waals surface area contributed by atoms with Gasteiger partial charge in [-0.1, -0.05) is 18.7 Å². The summed E-state index contributed by atoms with van der Waals surface area (Å²) < 4.78 is 44.3. The van der Waals surface area contributed by atoms with E-state index in [1.165, 1.54) is 17.8 Å². The van der Waals surface area contributed by atoms with Crippen LogP contribution in [0, 0.1) is 0 Å². The average molecular weight is 317 g/mol. The third-order valence-corrected chi connectivity index (χ3v) is 3.71. The highest BCUT2D eigenvalue weighted by Crippen LogP contribution is 2.35. The highest BCUT2D eigenvalue weighted by molar-refractivity contribution is 7.99. The van der Waals surface area contributed by atoms with Gasteiger partial charge in [-0.3, -0.25) is 4.79 Å². The van der Waals surface area contributed by atoms with Gasteiger partial charge in [-0.15, -0.1) is 0 Å². The third-order valence-electron chi connectivity index (χ3n) is 2.94. The fraction of sp³-hybridized carbons (Fsp3) is 0.357. The van der Waals surface area contributed by atoms with Gasteiger partial charge in [0.15, 0.2) is 10.5 Å². The van der Waals surface area contributed by atoms with Crippen LogP contribution < -0.4 is 11.2 Å². The summed E-state index contributed by atoms with van der Waals surface area (Å²) in [4.78, 5) is 12.0. The van der Waals surface area contributed by atoms with Crippen LogP contribution in [0.5, 0.6) is 0 Å². The summed E-state index contributed by atoms with van der Waals surface area (Å²) in [6, 6.07) is 2.28. The van der Waals surface area contributed by atoms with Gasteiger partial charge < -0.3 is 10.2 Å². The monoisotopic (exact) mass is 317 g/mol. The standard InChI is InChI=1S/C14H14F3NO2S/c1-3-21-12-6-11(19)10-5-8(14(15,16)17)4-9(7(2)18)13(10)20-12/h4-7H,3,18H2,1-2H3. The number of rotatable bonds is 3. The van der Waals surface area contributed by atoms with E-state index in [1.807, 2.05) is 6.92 Å². The normalized spacial score (nSPS) is 13.6. The van der Waals surface area contributed by atoms with Gasteiger partial charge in [-0.05, 0) is 24.8 Å². The molecule has 0 spiro atoms. The largest absolute Gasteiger partial charge is 0.449 e. The van der Waals surface area contributed by atoms with Crippen molar-refractivity contribution in [3.8, 4) is 0 Å². The van der Waals surface area contributed by atoms with Crippen molar-refractivity contribution in [3.63, 3.8) is 0 Å². The van der Waals surface area contributed by atoms with Crippen LogP contribution in [-0.4, -0.2) is 5.75 Å². The second-order valence-corrected chi connectivity index (χ2v) is 5.86. The van der Waals surface area contributed by atoms with Crippen molar-refractivity contribution < 1.29 is 17.6 Å². The SMILES string of the molecule is CCSc1cc(=O)c2cc(C(F)(F)F)cc(C(C)N)c2o1. The van der Waals surface area contributed by atoms with E-state index in [9.17, 15) is 18.0 Å². The highest BCUT2D eigenvalue weighted by Gasteiger charge is 2.32. The number of hydrogen-bond acceptors (Lipinski definition) is 4. The number of halogens is 3. The zero-order chi connectivity index (χ0) is 15.8. The van der Waals surface area contributed by atoms with Crippen molar-refractivity contribution in [3.05, 3.63) is 39.5 Å². The molecule has 1 unspecified atom stereocenters. The predicted molar refractivity (Wildman–Crippen MR) is 76.5 cm³/mol. The lowest BCUT2D eigenvalue weighted by molar-refractivity contribution is -0.137. The zero-order valence-electron chi connectivity index (χ0n) is 11.5. The number of nitrogens with two attached hydrogens (primary N) is 1. The summed E-state index contributed by atoms with van der Waals surface area (Å²) in [5, 5.41) is 0.272. The van der Waals surface area contributed by atoms with Crippen LogP contribution in [0.2, 0.25) is 0 Å². The van der Waals surface area contributed by atoms with E-state index in [0.29, 0.717) is 10.8 Å². The topological polar surface area (TPSA) is 56.2 Å². The first-order valence-electron chi connectivity index (χ1n) is 6.31. The quantitative estimate of drug-likeness (QED) is 0.871. The molecule has 0 fully saturated rings. The Bertz CT molecular complexity index is 722. The highest BCUT2D eigenvalue weighted by atomic mass is 32.2. The molecule has 2 aromatic rings. The fourth-order valence-corrected chi connectivity index (χ4v) is 2.60. The van der Waals surface area contributed by atoms with Crippen LogP contribution >= 0.6 is 11.8 Å². The molecule has 0 aliphatic rings. The predicted octanol–water partition coefficient (Wildman–Crippen LogP) is 3.94. The molecule has 0 aliphatic heterocycles. The maximum atomic E-state index is 12.9. The van der Waals surface area contributed by atoms with Crippen LogP contribution in [-0.2, 0) is 6.18 Å². The van der Waals surface area contributed by atoms with Crippen LogP contribution in [0.3, 0.4) is 0 Å². The van der Waals surface area contributed by atoms with Crippen molar-refractivity contribution in [1.82, 2.24) is 0 Å². The van der Waals surface area contributed by atoms with Gasteiger partial charge in [0.1, 0.15) is 5.58 Å². The molecule has 2 rings (SSSR count). The number of alkyl halides is 3. The Morgan fingerprint density at radius 2 is 2.00 bits per heavy atom. The van der Waals surface area contributed by atoms with E-state index in [1.54, 1.807) is 6.92 Å². The Kier molecular flexibility index (Phi) is 4.34. The van der Waals surface area contributed by atoms with E-state index >= 15 is 0 Å². The van der Waals surface area contributed by atoms with Crippen LogP contribution in [0.1, 0.15) is 31.0 Å². The van der Waals surface area contributed by atoms with Gasteiger partial charge in [0.2, 0.25) is 0 Å². The zero-order valence-corrected chi connectivity index (χ0v) is 12.3. The number of hydrogen-bond donors (Lipinski definition) is 1. The minimum absolute atomic E-state index is 0.0995. The third kappa shape index (κ3) is 3.24. The molecule has 1 aromatic carbocycles. The molecule has 0 amide bonds. The van der Waals surface area contributed by atoms with Crippen molar-refractivity contribution in [1.29, 1.82) is 0 Å². The van der Waals surface area contributed by atoms with Gasteiger partial charge in [0.05, 0.1) is 10.9 Å². The molecule has 0 bridgehead atoms. The molecule has 7 heteroatoms. The summed E-state index contributed by atoms with van der Waals surface area (Å²) in [7, 11) is 0. The van der Waals surface area contributed by atoms with E-state index in [-0.39, 0.29) is 16.5 Å². The molecule has 1 aromatic heterocycles. The first kappa shape index (κ1) is 15.9. The first-order chi connectivity index (χ1) is 9.74. The molecule has 3 nitrogen and oxygen atoms in total. The molecular formula is C14H14F3NO2S. The van der Waals surface area contributed by atoms with Gasteiger partial charge in [0.25, 0.3) is 0 Å². The van der Waals surface area contributed by atoms with Crippen molar-refractivity contribution in [2.45, 2.75) is 31.2 Å². The summed E-state index contributed by atoms with van der Waals surface area (Å²) in [6.07, 6.45) is -4.54. The smallest absolute Gasteiger partial charge is 0.416 e. The maximum Gasteiger partial charge on any atom is 0.416 e. The Morgan fingerprint density at radius 1 is 1.33 bits per heavy atom. The maximum absolute atomic E-state index is 12.9. The number of fused-ring (bicyclic) bond motifs is 1. The Hall–Kier alpha value is -1.47. The van der Waals surface area contributed by atoms with E-state index < -0.39 is 23.2 Å². The number of thioether (sulfide) groups is 1. The van der Waals surface area contributed by atoms with Gasteiger partial charge in [0, 0.05) is 17.7 Å². The summed E-state index contributed by atoms with van der Waals surface area (Å²) in [5.74, 6) is 0.683. The van der Waals surface area contributed by atoms with Crippen LogP contribution in [0.15, 0.2) is 32.5 Å². The molecule has 2 N–H and O–H groups in total. The van der Waals surface area contributed by atoms with Gasteiger partial charge in [-0.25, -0.2) is 0 Å². The van der Waals surface area contributed by atoms with E-state index in [2.05, 4.69) is 0 Å². The summed E-state index contributed by atoms with van der Waals surface area (Å²) in [5.41, 5.74) is 4.64. The van der Waals surface area contributed by atoms with Gasteiger partial charge in [-0.2, -0.15) is 13.2 Å². The summed E-state index contributed by atoms with van der Waals surface area (Å²) >= 11 is 1.30. The van der Waals surface area contributed by atoms with Crippen molar-refractivity contribution in [2.24, 2.45) is 5.73 Å². The van der Waals surface area contributed by atoms with Crippen LogP contribution in [0.25, 0.3) is 11.0 Å². The molecule has 0 radical (unpaired) electrons. The Labute approximate surface area is 123 Å². The summed E-state index contributed by atoms with van der Waals surface area (Å²) in [6.45, 7) is 3.43. The molecule has 114 valence electrons. The van der Waals surface area contributed by atoms with E-state index in [0.717, 1.165) is 12.1 Å². The molecule has 0 aliphatic carbocycles. The molecule has 0 saturated carbocycles. The Morgan fingerprint density at radius 3 is 2.52 bits per heavy atom. The second kappa shape index (κ2) is 5.73. The van der Waals surface area contributed by atoms with Crippen molar-refractivity contribution >= 4 is 22.7 Å². The lowest BCUT2D eigenvalue weighted by Gasteiger charge is -2.14. The molecular weight excluding hydrogens is 303 g/mol. The lowest BCUT2D eigenvalue weighted by Crippen LogP contribution is -2.13. The number of benzene rings is 1. The van der Waals surface area contributed by atoms with E-state index in [4.69, 9.17) is 10.2 Å². The average Bonchev–Trinajstić information content (AvgIpc) is 2.36. The minimum Gasteiger partial charge on any atom is -0.449 e. The molecule has 21 heavy (non-hydrogen) atoms. The van der Waals surface area contributed by atoms with Crippen LogP contribution in [0.4, 0.5) is 13.2 Å². The Balaban J connectivity index is 2.82. The minimum atomic E-state index is -4.54. The molecule has 1 atom stereocenters. The second-order valence-electron chi connectivity index (χ2n) is 4.59. The van der Waals surface area contributed by atoms with Crippen molar-refractivity contribution in [2.75, 3.05) is 5.75 Å². The van der Waals surface area contributed by atoms with Gasteiger partial charge >= 0.3 is 6.18 Å². The molecule has 0 saturated heterocycles. The first-order valence-corrected chi connectivity index (χ1v) is 7.30. The molecule has 1 heterocycles.